The zero-order valence-electron chi connectivity index (χ0n) is 16.1. The number of hydrogen-bond acceptors (Lipinski definition) is 4. The van der Waals surface area contributed by atoms with Crippen molar-refractivity contribution < 1.29 is 9.32 Å². The number of aryl methyl sites for hydroxylation is 2. The second-order valence-corrected chi connectivity index (χ2v) is 7.02. The molecule has 0 saturated carbocycles. The molecule has 0 unspecified atom stereocenters. The van der Waals surface area contributed by atoms with E-state index in [1.807, 2.05) is 74.5 Å². The summed E-state index contributed by atoms with van der Waals surface area (Å²) >= 11 is 0. The number of benzene rings is 2. The van der Waals surface area contributed by atoms with E-state index >= 15 is 0 Å². The first-order valence-electron chi connectivity index (χ1n) is 9.16. The van der Waals surface area contributed by atoms with Crippen LogP contribution in [0.15, 0.2) is 65.2 Å². The molecule has 1 amide bonds. The van der Waals surface area contributed by atoms with Gasteiger partial charge in [0, 0.05) is 19.2 Å². The molecule has 2 heterocycles. The highest BCUT2D eigenvalue weighted by Gasteiger charge is 2.22. The SMILES string of the molecule is Cc1ccc(-c2cc(C(=O)N(C)Cc3ccccc3)c3c(C)noc3n2)cc1. The molecule has 0 atom stereocenters. The summed E-state index contributed by atoms with van der Waals surface area (Å²) in [7, 11) is 1.80. The third kappa shape index (κ3) is 3.39. The summed E-state index contributed by atoms with van der Waals surface area (Å²) in [6.45, 7) is 4.38. The predicted molar refractivity (Wildman–Crippen MR) is 109 cm³/mol. The maximum absolute atomic E-state index is 13.3. The smallest absolute Gasteiger partial charge is 0.259 e. The number of pyridine rings is 1. The van der Waals surface area contributed by atoms with Crippen LogP contribution in [-0.4, -0.2) is 28.0 Å². The van der Waals surface area contributed by atoms with Gasteiger partial charge in [-0.15, -0.1) is 0 Å². The van der Waals surface area contributed by atoms with Crippen molar-refractivity contribution in [1.29, 1.82) is 0 Å². The Labute approximate surface area is 163 Å². The fourth-order valence-electron chi connectivity index (χ4n) is 3.27. The van der Waals surface area contributed by atoms with Crippen LogP contribution < -0.4 is 0 Å². The van der Waals surface area contributed by atoms with Gasteiger partial charge in [0.2, 0.25) is 0 Å². The van der Waals surface area contributed by atoms with E-state index in [4.69, 9.17) is 4.52 Å². The summed E-state index contributed by atoms with van der Waals surface area (Å²) in [5.41, 5.74) is 5.46. The van der Waals surface area contributed by atoms with Gasteiger partial charge in [-0.2, -0.15) is 0 Å². The minimum Gasteiger partial charge on any atom is -0.337 e. The largest absolute Gasteiger partial charge is 0.337 e. The van der Waals surface area contributed by atoms with E-state index in [1.54, 1.807) is 11.9 Å². The average molecular weight is 371 g/mol. The summed E-state index contributed by atoms with van der Waals surface area (Å²) in [4.78, 5) is 19.6. The first kappa shape index (κ1) is 17.9. The van der Waals surface area contributed by atoms with Crippen molar-refractivity contribution in [3.05, 3.63) is 83.0 Å². The highest BCUT2D eigenvalue weighted by molar-refractivity contribution is 6.06. The van der Waals surface area contributed by atoms with Gasteiger partial charge in [-0.1, -0.05) is 65.3 Å². The van der Waals surface area contributed by atoms with Crippen LogP contribution in [-0.2, 0) is 6.54 Å². The zero-order valence-corrected chi connectivity index (χ0v) is 16.1. The van der Waals surface area contributed by atoms with Crippen molar-refractivity contribution in [1.82, 2.24) is 15.0 Å². The van der Waals surface area contributed by atoms with Crippen LogP contribution in [0, 0.1) is 13.8 Å². The lowest BCUT2D eigenvalue weighted by Crippen LogP contribution is -2.26. The molecule has 0 radical (unpaired) electrons. The van der Waals surface area contributed by atoms with Crippen LogP contribution >= 0.6 is 0 Å². The monoisotopic (exact) mass is 371 g/mol. The third-order valence-corrected chi connectivity index (χ3v) is 4.80. The molecule has 140 valence electrons. The predicted octanol–water partition coefficient (Wildman–Crippen LogP) is 4.78. The number of rotatable bonds is 4. The Morgan fingerprint density at radius 1 is 1.04 bits per heavy atom. The summed E-state index contributed by atoms with van der Waals surface area (Å²) < 4.78 is 5.39. The molecule has 28 heavy (non-hydrogen) atoms. The summed E-state index contributed by atoms with van der Waals surface area (Å²) in [5.74, 6) is -0.0871. The van der Waals surface area contributed by atoms with Crippen LogP contribution in [0.5, 0.6) is 0 Å². The molecule has 2 aromatic heterocycles. The Morgan fingerprint density at radius 2 is 1.75 bits per heavy atom. The van der Waals surface area contributed by atoms with Gasteiger partial charge in [-0.3, -0.25) is 4.79 Å². The van der Waals surface area contributed by atoms with E-state index in [9.17, 15) is 4.79 Å². The molecular formula is C23H21N3O2. The number of hydrogen-bond donors (Lipinski definition) is 0. The second-order valence-electron chi connectivity index (χ2n) is 7.02. The van der Waals surface area contributed by atoms with Gasteiger partial charge in [-0.25, -0.2) is 4.98 Å². The van der Waals surface area contributed by atoms with Crippen molar-refractivity contribution in [2.75, 3.05) is 7.05 Å². The highest BCUT2D eigenvalue weighted by Crippen LogP contribution is 2.28. The molecular weight excluding hydrogens is 350 g/mol. The second kappa shape index (κ2) is 7.27. The molecule has 0 spiro atoms. The normalized spacial score (nSPS) is 11.0. The molecule has 0 N–H and O–H groups in total. The molecule has 0 aliphatic rings. The molecule has 0 saturated heterocycles. The van der Waals surface area contributed by atoms with E-state index in [-0.39, 0.29) is 5.91 Å². The van der Waals surface area contributed by atoms with Crippen LogP contribution in [0.4, 0.5) is 0 Å². The molecule has 0 aliphatic heterocycles. The maximum Gasteiger partial charge on any atom is 0.259 e. The van der Waals surface area contributed by atoms with Gasteiger partial charge in [0.15, 0.2) is 0 Å². The van der Waals surface area contributed by atoms with Gasteiger partial charge in [-0.05, 0) is 25.5 Å². The number of fused-ring (bicyclic) bond motifs is 1. The molecule has 0 bridgehead atoms. The minimum absolute atomic E-state index is 0.0871. The Kier molecular flexibility index (Phi) is 4.65. The standard InChI is InChI=1S/C23H21N3O2/c1-15-9-11-18(12-10-15)20-13-19(21-16(2)25-28-22(21)24-20)23(27)26(3)14-17-7-5-4-6-8-17/h4-13H,14H2,1-3H3. The van der Waals surface area contributed by atoms with Gasteiger partial charge in [0.1, 0.15) is 0 Å². The lowest BCUT2D eigenvalue weighted by molar-refractivity contribution is 0.0787. The van der Waals surface area contributed by atoms with Crippen molar-refractivity contribution in [3.8, 4) is 11.3 Å². The molecule has 5 heteroatoms. The first-order valence-corrected chi connectivity index (χ1v) is 9.16. The summed E-state index contributed by atoms with van der Waals surface area (Å²) in [6, 6.07) is 19.8. The fourth-order valence-corrected chi connectivity index (χ4v) is 3.27. The van der Waals surface area contributed by atoms with Crippen molar-refractivity contribution in [2.24, 2.45) is 0 Å². The zero-order chi connectivity index (χ0) is 19.7. The summed E-state index contributed by atoms with van der Waals surface area (Å²) in [5, 5.41) is 4.69. The number of nitrogens with zero attached hydrogens (tertiary/aromatic N) is 3. The van der Waals surface area contributed by atoms with E-state index < -0.39 is 0 Å². The molecule has 5 nitrogen and oxygen atoms in total. The summed E-state index contributed by atoms with van der Waals surface area (Å²) in [6.07, 6.45) is 0. The highest BCUT2D eigenvalue weighted by atomic mass is 16.5. The third-order valence-electron chi connectivity index (χ3n) is 4.80. The lowest BCUT2D eigenvalue weighted by atomic mass is 10.0. The van der Waals surface area contributed by atoms with E-state index in [2.05, 4.69) is 10.1 Å². The van der Waals surface area contributed by atoms with Crippen LogP contribution in [0.25, 0.3) is 22.4 Å². The lowest BCUT2D eigenvalue weighted by Gasteiger charge is -2.18. The number of amides is 1. The first-order chi connectivity index (χ1) is 13.5. The average Bonchev–Trinajstić information content (AvgIpc) is 3.09. The Balaban J connectivity index is 1.77. The van der Waals surface area contributed by atoms with Gasteiger partial charge >= 0.3 is 0 Å². The maximum atomic E-state index is 13.3. The fraction of sp³-hybridized carbons (Fsp3) is 0.174. The molecule has 0 fully saturated rings. The molecule has 4 rings (SSSR count). The van der Waals surface area contributed by atoms with Crippen molar-refractivity contribution in [2.45, 2.75) is 20.4 Å². The quantitative estimate of drug-likeness (QED) is 0.518. The van der Waals surface area contributed by atoms with Gasteiger partial charge in [0.05, 0.1) is 22.3 Å². The van der Waals surface area contributed by atoms with Gasteiger partial charge in [0.25, 0.3) is 11.6 Å². The van der Waals surface area contributed by atoms with Crippen molar-refractivity contribution >= 4 is 17.0 Å². The number of carbonyl (C=O) groups is 1. The van der Waals surface area contributed by atoms with Gasteiger partial charge < -0.3 is 9.42 Å². The molecule has 4 aromatic rings. The molecule has 0 aliphatic carbocycles. The number of aromatic nitrogens is 2. The van der Waals surface area contributed by atoms with Crippen LogP contribution in [0.1, 0.15) is 27.2 Å². The minimum atomic E-state index is -0.0871. The van der Waals surface area contributed by atoms with Crippen LogP contribution in [0.3, 0.4) is 0 Å². The topological polar surface area (TPSA) is 59.2 Å². The Bertz CT molecular complexity index is 1130. The van der Waals surface area contributed by atoms with E-state index in [0.717, 1.165) is 11.1 Å². The Hall–Kier alpha value is -3.47. The number of carbonyl (C=O) groups excluding carboxylic acids is 1. The van der Waals surface area contributed by atoms with Crippen LogP contribution in [0.2, 0.25) is 0 Å². The van der Waals surface area contributed by atoms with E-state index in [0.29, 0.717) is 34.6 Å². The van der Waals surface area contributed by atoms with Crippen molar-refractivity contribution in [3.63, 3.8) is 0 Å². The Morgan fingerprint density at radius 3 is 2.46 bits per heavy atom. The molecule has 2 aromatic carbocycles. The van der Waals surface area contributed by atoms with E-state index in [1.165, 1.54) is 5.56 Å².